The molecule has 0 unspecified atom stereocenters. The molecule has 0 aliphatic carbocycles. The molecule has 0 atom stereocenters. The first kappa shape index (κ1) is 72.4. The Labute approximate surface area is 532 Å². The van der Waals surface area contributed by atoms with Crippen LogP contribution in [0.1, 0.15) is 105 Å². The van der Waals surface area contributed by atoms with Gasteiger partial charge in [0.25, 0.3) is 0 Å². The average Bonchev–Trinajstić information content (AvgIpc) is 2.38. The first-order valence-electron chi connectivity index (χ1n) is 29.8. The number of aliphatic carboxylic acids is 1. The van der Waals surface area contributed by atoms with E-state index in [2.05, 4.69) is 78.6 Å². The summed E-state index contributed by atoms with van der Waals surface area (Å²) in [4.78, 5) is 75.7. The van der Waals surface area contributed by atoms with E-state index in [1.165, 1.54) is 40.0 Å². The molecule has 0 saturated heterocycles. The van der Waals surface area contributed by atoms with Crippen LogP contribution in [0.4, 0.5) is 0 Å². The minimum Gasteiger partial charge on any atom is -0.508 e. The molecule has 0 bridgehead atoms. The number of hydrogen-bond acceptors (Lipinski definition) is 16. The number of ether oxygens (including phenoxy) is 2. The third-order valence-electron chi connectivity index (χ3n) is 14.7. The van der Waals surface area contributed by atoms with Gasteiger partial charge in [-0.3, -0.25) is 4.89 Å². The molecule has 91 heavy (non-hydrogen) atoms. The van der Waals surface area contributed by atoms with Crippen molar-refractivity contribution in [2.45, 2.75) is 99.3 Å². The van der Waals surface area contributed by atoms with Gasteiger partial charge < -0.3 is 24.8 Å². The zero-order valence-corrected chi connectivity index (χ0v) is 52.7. The minimum absolute atomic E-state index is 0.244. The lowest BCUT2D eigenvalue weighted by Gasteiger charge is -2.12. The molecule has 0 aromatic heterocycles. The van der Waals surface area contributed by atoms with Crippen LogP contribution in [-0.2, 0) is 77.8 Å². The fourth-order valence-electron chi connectivity index (χ4n) is 9.22. The van der Waals surface area contributed by atoms with Crippen LogP contribution in [0.3, 0.4) is 0 Å². The lowest BCUT2D eigenvalue weighted by Crippen LogP contribution is -2.04. The molecule has 0 radical (unpaired) electrons. The van der Waals surface area contributed by atoms with E-state index < -0.39 is 23.9 Å². The number of phenolic OH excluding ortho intramolecular Hbond substituents is 2. The Balaban J connectivity index is 0.000000347. The fourth-order valence-corrected chi connectivity index (χ4v) is 9.22. The Bertz CT molecular complexity index is 3630. The quantitative estimate of drug-likeness (QED) is 0.00662. The van der Waals surface area contributed by atoms with Crippen molar-refractivity contribution < 1.29 is 83.4 Å². The Morgan fingerprint density at radius 1 is 0.407 bits per heavy atom. The van der Waals surface area contributed by atoms with Crippen LogP contribution in [-0.4, -0.2) is 72.2 Å². The summed E-state index contributed by atoms with van der Waals surface area (Å²) in [6, 6.07) is 32.8. The molecule has 3 N–H and O–H groups in total. The van der Waals surface area contributed by atoms with E-state index in [0.717, 1.165) is 130 Å². The van der Waals surface area contributed by atoms with Crippen molar-refractivity contribution in [1.82, 2.24) is 0 Å². The van der Waals surface area contributed by atoms with E-state index in [1.54, 1.807) is 91.0 Å². The third kappa shape index (κ3) is 25.6. The minimum atomic E-state index is -0.939. The number of unbranched alkanes of at least 4 members (excludes halogenated alkanes) is 3. The zero-order chi connectivity index (χ0) is 65.9. The van der Waals surface area contributed by atoms with Gasteiger partial charge in [0.2, 0.25) is 0 Å². The van der Waals surface area contributed by atoms with Gasteiger partial charge in [-0.2, -0.15) is 4.89 Å². The molecule has 7 aromatic carbocycles. The Kier molecular flexibility index (Phi) is 31.6. The molecule has 7 aromatic rings. The summed E-state index contributed by atoms with van der Waals surface area (Å²) in [5, 5.41) is 39.6. The molecule has 0 aliphatic rings. The topological polar surface area (TPSA) is 221 Å². The molecular weight excluding hydrogens is 1160 g/mol. The fraction of sp³-hybridized carbons (Fsp3) is 0.270. The highest BCUT2D eigenvalue weighted by Gasteiger charge is 2.12. The Morgan fingerprint density at radius 3 is 1.14 bits per heavy atom. The van der Waals surface area contributed by atoms with Crippen molar-refractivity contribution in [2.24, 2.45) is 0 Å². The molecule has 0 heterocycles. The first-order valence-corrected chi connectivity index (χ1v) is 29.8. The molecule has 0 aliphatic heterocycles. The van der Waals surface area contributed by atoms with Gasteiger partial charge in [-0.25, -0.2) is 38.7 Å². The van der Waals surface area contributed by atoms with Crippen LogP contribution in [0.15, 0.2) is 165 Å². The van der Waals surface area contributed by atoms with E-state index in [1.807, 2.05) is 51.1 Å². The SMILES string of the molecule is C=CCOOOCCCCc1ccc(/C=C/C(=O)O)c(C)c1C.C=CCOOOCCCCc1ccc(/C=C/C(=O)Oc2ccc3cc(OC(=O)/C=C/c4ccc(CCCCOOC(=O)C=C)c(C)c4C)ccc3c2)c(C)c1C.Oc1ccc2cc(O)ccc2c1. The van der Waals surface area contributed by atoms with Crippen LogP contribution in [0.25, 0.3) is 39.8 Å². The molecule has 0 amide bonds. The maximum absolute atomic E-state index is 12.7. The smallest absolute Gasteiger partial charge is 0.365 e. The highest BCUT2D eigenvalue weighted by atomic mass is 17.5. The van der Waals surface area contributed by atoms with Gasteiger partial charge in [-0.05, 0) is 254 Å². The highest BCUT2D eigenvalue weighted by molar-refractivity contribution is 5.93. The van der Waals surface area contributed by atoms with E-state index in [-0.39, 0.29) is 18.1 Å². The summed E-state index contributed by atoms with van der Waals surface area (Å²) < 4.78 is 11.2. The van der Waals surface area contributed by atoms with Gasteiger partial charge in [0.05, 0.1) is 19.8 Å². The molecule has 17 nitrogen and oxygen atoms in total. The van der Waals surface area contributed by atoms with Crippen molar-refractivity contribution in [3.63, 3.8) is 0 Å². The van der Waals surface area contributed by atoms with E-state index in [9.17, 15) is 19.2 Å². The van der Waals surface area contributed by atoms with Gasteiger partial charge in [0.1, 0.15) is 36.2 Å². The molecule has 17 heteroatoms. The maximum Gasteiger partial charge on any atom is 0.365 e. The van der Waals surface area contributed by atoms with Crippen LogP contribution < -0.4 is 9.47 Å². The molecule has 7 rings (SSSR count). The summed E-state index contributed by atoms with van der Waals surface area (Å²) in [7, 11) is 0. The summed E-state index contributed by atoms with van der Waals surface area (Å²) in [5.41, 5.74) is 13.3. The number of fused-ring (bicyclic) bond motifs is 2. The van der Waals surface area contributed by atoms with Gasteiger partial charge in [-0.1, -0.05) is 89.5 Å². The molecule has 480 valence electrons. The third-order valence-corrected chi connectivity index (χ3v) is 14.7. The van der Waals surface area contributed by atoms with E-state index in [4.69, 9.17) is 44.3 Å². The first-order chi connectivity index (χ1) is 43.9. The number of phenols is 2. The Hall–Kier alpha value is -9.30. The van der Waals surface area contributed by atoms with Crippen molar-refractivity contribution >= 4 is 63.7 Å². The van der Waals surface area contributed by atoms with Crippen molar-refractivity contribution in [2.75, 3.05) is 33.0 Å². The molecule has 0 saturated carbocycles. The van der Waals surface area contributed by atoms with Crippen LogP contribution in [0.2, 0.25) is 0 Å². The second-order valence-corrected chi connectivity index (χ2v) is 21.0. The normalized spacial score (nSPS) is 11.1. The second kappa shape index (κ2) is 39.7. The number of carboxylic acid groups (broad SMARTS) is 1. The number of hydrogen-bond donors (Lipinski definition) is 3. The highest BCUT2D eigenvalue weighted by Crippen LogP contribution is 2.28. The van der Waals surface area contributed by atoms with Gasteiger partial charge in [-0.15, -0.1) is 13.2 Å². The Morgan fingerprint density at radius 2 is 0.769 bits per heavy atom. The van der Waals surface area contributed by atoms with Crippen molar-refractivity contribution in [1.29, 1.82) is 0 Å². The summed E-state index contributed by atoms with van der Waals surface area (Å²) in [6.45, 7) is 24.4. The monoisotopic (exact) mass is 1240 g/mol. The van der Waals surface area contributed by atoms with E-state index >= 15 is 0 Å². The number of aryl methyl sites for hydroxylation is 3. The van der Waals surface area contributed by atoms with Crippen molar-refractivity contribution in [3.05, 3.63) is 232 Å². The summed E-state index contributed by atoms with van der Waals surface area (Å²) in [6.07, 6.45) is 21.2. The average molecular weight is 1240 g/mol. The van der Waals surface area contributed by atoms with Crippen LogP contribution in [0.5, 0.6) is 23.0 Å². The van der Waals surface area contributed by atoms with Crippen LogP contribution >= 0.6 is 0 Å². The van der Waals surface area contributed by atoms with Gasteiger partial charge in [0.15, 0.2) is 0 Å². The van der Waals surface area contributed by atoms with E-state index in [0.29, 0.717) is 37.9 Å². The van der Waals surface area contributed by atoms with Gasteiger partial charge >= 0.3 is 23.9 Å². The molecule has 0 fully saturated rings. The number of carbonyl (C=O) groups is 4. The number of aromatic hydroxyl groups is 2. The number of carboxylic acids is 1. The number of rotatable bonds is 33. The van der Waals surface area contributed by atoms with Crippen LogP contribution in [0, 0.1) is 41.5 Å². The zero-order valence-electron chi connectivity index (χ0n) is 52.7. The number of benzene rings is 7. The largest absolute Gasteiger partial charge is 0.508 e. The number of carbonyl (C=O) groups excluding carboxylic acids is 3. The summed E-state index contributed by atoms with van der Waals surface area (Å²) in [5.74, 6) is -1.24. The lowest BCUT2D eigenvalue weighted by molar-refractivity contribution is -0.509. The van der Waals surface area contributed by atoms with Crippen molar-refractivity contribution in [3.8, 4) is 23.0 Å². The van der Waals surface area contributed by atoms with Gasteiger partial charge in [0, 0.05) is 24.3 Å². The number of esters is 2. The second-order valence-electron chi connectivity index (χ2n) is 21.0. The summed E-state index contributed by atoms with van der Waals surface area (Å²) >= 11 is 0. The predicted molar refractivity (Wildman–Crippen MR) is 352 cm³/mol. The molecular formula is C74H82O17. The maximum atomic E-state index is 12.7. The lowest BCUT2D eigenvalue weighted by atomic mass is 9.95. The standard InChI is InChI=1S/C46H50O10.C18H24O5.C10H8O2/c1-7-27-51-56-52-29-12-10-14-37-16-18-39(35(6)33(37)4)22-26-46(49)54-43-24-20-40-30-42(23-19-41(40)31-43)53-45(48)25-21-38-17-15-36(32(3)34(38)5)13-9-11-28-50-55-44(47)8-2;1-4-12-21-23-22-13-6-5-7-16-8-9-17(10-11-18(19)20)15(3)14(16)2;11-9-3-1-7-5-10(12)4-2-8(7)6-9/h7-8,15-26,30-31H,1-2,9-14,27-29H2,3-6H3;4,8-11H,1,5-7,12-13H2,2-3H3,(H,19,20);1-6,11-12H/b25-21+,26-22+;11-10+;. The molecule has 0 spiro atoms. The predicted octanol–water partition coefficient (Wildman–Crippen LogP) is 15.7.